The topological polar surface area (TPSA) is 93.5 Å². The Morgan fingerprint density at radius 2 is 2.19 bits per heavy atom. The van der Waals surface area contributed by atoms with Crippen molar-refractivity contribution in [3.63, 3.8) is 0 Å². The second-order valence-electron chi connectivity index (χ2n) is 6.27. The lowest BCUT2D eigenvalue weighted by Gasteiger charge is -2.23. The Balaban J connectivity index is 1.72. The van der Waals surface area contributed by atoms with Crippen molar-refractivity contribution in [3.8, 4) is 11.3 Å². The maximum absolute atomic E-state index is 14.5. The van der Waals surface area contributed by atoms with Gasteiger partial charge in [-0.3, -0.25) is 9.98 Å². The molecule has 10 heteroatoms. The molecule has 1 aliphatic heterocycles. The van der Waals surface area contributed by atoms with Crippen LogP contribution in [0.1, 0.15) is 12.6 Å². The van der Waals surface area contributed by atoms with Crippen LogP contribution in [-0.4, -0.2) is 44.3 Å². The maximum atomic E-state index is 14.5. The summed E-state index contributed by atoms with van der Waals surface area (Å²) in [5, 5.41) is 6.73. The zero-order chi connectivity index (χ0) is 19.1. The molecule has 1 atom stereocenters. The Hall–Kier alpha value is -3.01. The Labute approximate surface area is 152 Å². The molecule has 0 fully saturated rings. The van der Waals surface area contributed by atoms with Gasteiger partial charge in [0.15, 0.2) is 5.82 Å². The largest absolute Gasteiger partial charge is 0.367 e. The molecule has 0 aromatic carbocycles. The number of aromatic nitrogens is 4. The minimum atomic E-state index is -2.45. The normalized spacial score (nSPS) is 16.6. The van der Waals surface area contributed by atoms with Crippen molar-refractivity contribution in [2.75, 3.05) is 12.3 Å². The Bertz CT molecular complexity index is 1040. The van der Waals surface area contributed by atoms with E-state index in [0.29, 0.717) is 34.7 Å². The molecule has 7 nitrogen and oxygen atoms in total. The highest BCUT2D eigenvalue weighted by atomic mass is 19.3. The van der Waals surface area contributed by atoms with Crippen molar-refractivity contribution in [2.45, 2.75) is 25.8 Å². The van der Waals surface area contributed by atoms with Gasteiger partial charge in [0.25, 0.3) is 6.43 Å². The van der Waals surface area contributed by atoms with E-state index >= 15 is 0 Å². The Morgan fingerprint density at radius 3 is 2.96 bits per heavy atom. The van der Waals surface area contributed by atoms with E-state index in [1.807, 2.05) is 0 Å². The first-order chi connectivity index (χ1) is 12.9. The molecule has 0 spiro atoms. The van der Waals surface area contributed by atoms with Crippen molar-refractivity contribution in [1.82, 2.24) is 24.9 Å². The van der Waals surface area contributed by atoms with Crippen LogP contribution < -0.4 is 11.1 Å². The third kappa shape index (κ3) is 3.23. The lowest BCUT2D eigenvalue weighted by Crippen LogP contribution is -2.41. The van der Waals surface area contributed by atoms with Gasteiger partial charge in [0, 0.05) is 12.1 Å². The summed E-state index contributed by atoms with van der Waals surface area (Å²) in [6.07, 6.45) is 0.575. The molecular weight excluding hydrogens is 359 g/mol. The molecule has 0 aliphatic carbocycles. The lowest BCUT2D eigenvalue weighted by atomic mass is 10.0. The molecule has 27 heavy (non-hydrogen) atoms. The van der Waals surface area contributed by atoms with E-state index in [1.165, 1.54) is 16.9 Å². The SMILES string of the molecule is CC1=Nc2ccc(-c3c(F)cn4nc(N)ncc34)nc2C[C@@H]1NCC(F)F. The third-order valence-electron chi connectivity index (χ3n) is 4.43. The van der Waals surface area contributed by atoms with Crippen molar-refractivity contribution >= 4 is 22.9 Å². The highest BCUT2D eigenvalue weighted by Crippen LogP contribution is 2.32. The molecule has 4 rings (SSSR count). The van der Waals surface area contributed by atoms with Crippen LogP contribution in [0, 0.1) is 5.82 Å². The second kappa shape index (κ2) is 6.62. The van der Waals surface area contributed by atoms with Gasteiger partial charge in [0.1, 0.15) is 0 Å². The zero-order valence-electron chi connectivity index (χ0n) is 14.3. The number of nitrogen functional groups attached to an aromatic ring is 1. The van der Waals surface area contributed by atoms with E-state index in [4.69, 9.17) is 5.73 Å². The zero-order valence-corrected chi connectivity index (χ0v) is 14.3. The summed E-state index contributed by atoms with van der Waals surface area (Å²) in [4.78, 5) is 12.9. The van der Waals surface area contributed by atoms with Gasteiger partial charge < -0.3 is 11.1 Å². The van der Waals surface area contributed by atoms with Crippen molar-refractivity contribution in [3.05, 3.63) is 36.0 Å². The molecule has 140 valence electrons. The molecule has 0 bridgehead atoms. The third-order valence-corrected chi connectivity index (χ3v) is 4.43. The molecule has 1 aliphatic rings. The number of anilines is 1. The van der Waals surface area contributed by atoms with Gasteiger partial charge in [-0.15, -0.1) is 5.10 Å². The predicted octanol–water partition coefficient (Wildman–Crippen LogP) is 2.38. The maximum Gasteiger partial charge on any atom is 0.250 e. The molecule has 3 N–H and O–H groups in total. The summed E-state index contributed by atoms with van der Waals surface area (Å²) in [5.74, 6) is -0.481. The monoisotopic (exact) mass is 375 g/mol. The smallest absolute Gasteiger partial charge is 0.250 e. The van der Waals surface area contributed by atoms with Crippen molar-refractivity contribution in [1.29, 1.82) is 0 Å². The van der Waals surface area contributed by atoms with Crippen LogP contribution in [0.4, 0.5) is 24.8 Å². The fourth-order valence-electron chi connectivity index (χ4n) is 3.15. The molecule has 0 saturated heterocycles. The van der Waals surface area contributed by atoms with Gasteiger partial charge in [0.05, 0.1) is 53.1 Å². The van der Waals surface area contributed by atoms with E-state index in [9.17, 15) is 13.2 Å². The van der Waals surface area contributed by atoms with Gasteiger partial charge in [-0.05, 0) is 19.1 Å². The van der Waals surface area contributed by atoms with E-state index < -0.39 is 18.8 Å². The quantitative estimate of drug-likeness (QED) is 0.730. The molecule has 3 aromatic rings. The standard InChI is InChI=1S/C17H16F3N7/c1-8-12(22-6-15(19)20)4-13-10(24-8)2-3-11(25-13)16-9(18)7-27-14(16)5-23-17(21)26-27/h2-3,5,7,12,15,22H,4,6H2,1H3,(H2,21,26)/t12-/m0/s1. The average molecular weight is 375 g/mol. The lowest BCUT2D eigenvalue weighted by molar-refractivity contribution is 0.144. The molecule has 4 heterocycles. The van der Waals surface area contributed by atoms with Crippen molar-refractivity contribution in [2.24, 2.45) is 4.99 Å². The van der Waals surface area contributed by atoms with E-state index in [2.05, 4.69) is 25.4 Å². The molecule has 0 radical (unpaired) electrons. The van der Waals surface area contributed by atoms with E-state index in [-0.39, 0.29) is 17.6 Å². The van der Waals surface area contributed by atoms with Crippen LogP contribution in [0.25, 0.3) is 16.8 Å². The average Bonchev–Trinajstić information content (AvgIpc) is 2.94. The number of pyridine rings is 1. The van der Waals surface area contributed by atoms with Gasteiger partial charge in [-0.25, -0.2) is 22.7 Å². The number of nitrogens with zero attached hydrogens (tertiary/aromatic N) is 5. The number of aliphatic imine (C=N–C) groups is 1. The van der Waals surface area contributed by atoms with E-state index in [1.54, 1.807) is 19.1 Å². The number of alkyl halides is 2. The molecule has 3 aromatic heterocycles. The van der Waals surface area contributed by atoms with Gasteiger partial charge >= 0.3 is 0 Å². The van der Waals surface area contributed by atoms with Crippen LogP contribution >= 0.6 is 0 Å². The number of rotatable bonds is 4. The highest BCUT2D eigenvalue weighted by Gasteiger charge is 2.24. The number of nitrogens with two attached hydrogens (primary N) is 1. The first-order valence-electron chi connectivity index (χ1n) is 8.28. The summed E-state index contributed by atoms with van der Waals surface area (Å²) >= 11 is 0. The summed E-state index contributed by atoms with van der Waals surface area (Å²) in [7, 11) is 0. The predicted molar refractivity (Wildman–Crippen MR) is 94.9 cm³/mol. The highest BCUT2D eigenvalue weighted by molar-refractivity contribution is 5.92. The number of hydrogen-bond acceptors (Lipinski definition) is 6. The van der Waals surface area contributed by atoms with Crippen LogP contribution in [-0.2, 0) is 6.42 Å². The number of fused-ring (bicyclic) bond motifs is 2. The number of halogens is 3. The Kier molecular flexibility index (Phi) is 4.27. The van der Waals surface area contributed by atoms with Gasteiger partial charge in [-0.2, -0.15) is 0 Å². The van der Waals surface area contributed by atoms with Crippen molar-refractivity contribution < 1.29 is 13.2 Å². The summed E-state index contributed by atoms with van der Waals surface area (Å²) in [5.41, 5.74) is 8.58. The molecule has 0 unspecified atom stereocenters. The fraction of sp³-hybridized carbons (Fsp3) is 0.294. The first kappa shape index (κ1) is 17.4. The molecule has 0 saturated carbocycles. The second-order valence-corrected chi connectivity index (χ2v) is 6.27. The number of hydrogen-bond donors (Lipinski definition) is 2. The summed E-state index contributed by atoms with van der Waals surface area (Å²) in [6.45, 7) is 1.35. The fourth-order valence-corrected chi connectivity index (χ4v) is 3.15. The molecule has 0 amide bonds. The Morgan fingerprint density at radius 1 is 1.37 bits per heavy atom. The minimum absolute atomic E-state index is 0.0280. The summed E-state index contributed by atoms with van der Waals surface area (Å²) in [6, 6.07) is 3.07. The minimum Gasteiger partial charge on any atom is -0.367 e. The van der Waals surface area contributed by atoms with Gasteiger partial charge in [0.2, 0.25) is 5.95 Å². The van der Waals surface area contributed by atoms with E-state index in [0.717, 1.165) is 0 Å². The number of nitrogens with one attached hydrogen (secondary N) is 1. The van der Waals surface area contributed by atoms with Crippen LogP contribution in [0.15, 0.2) is 29.5 Å². The van der Waals surface area contributed by atoms with Crippen LogP contribution in [0.3, 0.4) is 0 Å². The molecular formula is C17H16F3N7. The van der Waals surface area contributed by atoms with Crippen LogP contribution in [0.5, 0.6) is 0 Å². The summed E-state index contributed by atoms with van der Waals surface area (Å²) < 4.78 is 40.8. The van der Waals surface area contributed by atoms with Gasteiger partial charge in [-0.1, -0.05) is 0 Å². The first-order valence-corrected chi connectivity index (χ1v) is 8.28. The van der Waals surface area contributed by atoms with Crippen LogP contribution in [0.2, 0.25) is 0 Å².